The highest BCUT2D eigenvalue weighted by Gasteiger charge is 2.16. The fourth-order valence-electron chi connectivity index (χ4n) is 1.40. The molecule has 0 aliphatic carbocycles. The maximum absolute atomic E-state index is 13.0. The van der Waals surface area contributed by atoms with Crippen LogP contribution in [-0.4, -0.2) is 13.5 Å². The van der Waals surface area contributed by atoms with Gasteiger partial charge in [0.1, 0.15) is 11.6 Å². The van der Waals surface area contributed by atoms with E-state index in [2.05, 4.69) is 4.72 Å². The SMILES string of the molecule is O=S(=O)(Nc1ccccc1O)c1cccc(F)c1. The summed E-state index contributed by atoms with van der Waals surface area (Å²) in [6.45, 7) is 0. The molecular formula is C12H10FNO3S. The Kier molecular flexibility index (Phi) is 3.20. The molecule has 0 amide bonds. The van der Waals surface area contributed by atoms with E-state index in [-0.39, 0.29) is 16.3 Å². The molecule has 0 aliphatic heterocycles. The summed E-state index contributed by atoms with van der Waals surface area (Å²) in [5.41, 5.74) is 0.0433. The largest absolute Gasteiger partial charge is 0.506 e. The van der Waals surface area contributed by atoms with Gasteiger partial charge in [-0.05, 0) is 30.3 Å². The molecule has 0 radical (unpaired) electrons. The average molecular weight is 267 g/mol. The number of phenols is 1. The topological polar surface area (TPSA) is 66.4 Å². The number of phenolic OH excluding ortho intramolecular Hbond substituents is 1. The van der Waals surface area contributed by atoms with Gasteiger partial charge in [0.25, 0.3) is 10.0 Å². The van der Waals surface area contributed by atoms with Crippen molar-refractivity contribution in [2.24, 2.45) is 0 Å². The zero-order valence-electron chi connectivity index (χ0n) is 9.17. The molecule has 0 atom stereocenters. The van der Waals surface area contributed by atoms with Crippen LogP contribution in [0.15, 0.2) is 53.4 Å². The quantitative estimate of drug-likeness (QED) is 0.839. The van der Waals surface area contributed by atoms with E-state index in [9.17, 15) is 17.9 Å². The lowest BCUT2D eigenvalue weighted by atomic mass is 10.3. The maximum atomic E-state index is 13.0. The number of para-hydroxylation sites is 2. The Morgan fingerprint density at radius 2 is 1.78 bits per heavy atom. The summed E-state index contributed by atoms with van der Waals surface area (Å²) >= 11 is 0. The predicted octanol–water partition coefficient (Wildman–Crippen LogP) is 2.33. The third-order valence-corrected chi connectivity index (χ3v) is 3.62. The van der Waals surface area contributed by atoms with Crippen LogP contribution in [0.3, 0.4) is 0 Å². The van der Waals surface area contributed by atoms with Gasteiger partial charge >= 0.3 is 0 Å². The molecule has 0 unspecified atom stereocenters. The molecule has 4 nitrogen and oxygen atoms in total. The molecule has 2 N–H and O–H groups in total. The van der Waals surface area contributed by atoms with Crippen molar-refractivity contribution >= 4 is 15.7 Å². The maximum Gasteiger partial charge on any atom is 0.262 e. The zero-order valence-corrected chi connectivity index (χ0v) is 9.99. The molecule has 2 rings (SSSR count). The molecular weight excluding hydrogens is 257 g/mol. The van der Waals surface area contributed by atoms with Crippen LogP contribution in [0.2, 0.25) is 0 Å². The monoisotopic (exact) mass is 267 g/mol. The summed E-state index contributed by atoms with van der Waals surface area (Å²) < 4.78 is 39.0. The predicted molar refractivity (Wildman–Crippen MR) is 65.3 cm³/mol. The van der Waals surface area contributed by atoms with E-state index in [1.54, 1.807) is 12.1 Å². The minimum atomic E-state index is -3.91. The van der Waals surface area contributed by atoms with Crippen molar-refractivity contribution in [3.8, 4) is 5.75 Å². The van der Waals surface area contributed by atoms with E-state index in [1.807, 2.05) is 0 Å². The molecule has 0 fully saturated rings. The van der Waals surface area contributed by atoms with Gasteiger partial charge < -0.3 is 5.11 Å². The third kappa shape index (κ3) is 2.60. The Balaban J connectivity index is 2.37. The second kappa shape index (κ2) is 4.66. The number of nitrogens with one attached hydrogen (secondary N) is 1. The summed E-state index contributed by atoms with van der Waals surface area (Å²) in [5, 5.41) is 9.47. The highest BCUT2D eigenvalue weighted by Crippen LogP contribution is 2.24. The minimum absolute atomic E-state index is 0.0433. The van der Waals surface area contributed by atoms with Crippen molar-refractivity contribution in [2.75, 3.05) is 4.72 Å². The first-order valence-corrected chi connectivity index (χ1v) is 6.54. The number of hydrogen-bond donors (Lipinski definition) is 2. The van der Waals surface area contributed by atoms with Gasteiger partial charge in [0.05, 0.1) is 10.6 Å². The third-order valence-electron chi connectivity index (χ3n) is 2.25. The molecule has 94 valence electrons. The van der Waals surface area contributed by atoms with Crippen LogP contribution in [0.5, 0.6) is 5.75 Å². The van der Waals surface area contributed by atoms with Crippen molar-refractivity contribution < 1.29 is 17.9 Å². The van der Waals surface area contributed by atoms with Gasteiger partial charge in [-0.1, -0.05) is 18.2 Å². The van der Waals surface area contributed by atoms with Crippen LogP contribution in [0.25, 0.3) is 0 Å². The first-order chi connectivity index (χ1) is 8.49. The second-order valence-corrected chi connectivity index (χ2v) is 5.26. The van der Waals surface area contributed by atoms with Crippen molar-refractivity contribution in [1.29, 1.82) is 0 Å². The van der Waals surface area contributed by atoms with Crippen molar-refractivity contribution in [3.63, 3.8) is 0 Å². The summed E-state index contributed by atoms with van der Waals surface area (Å²) in [6.07, 6.45) is 0. The number of rotatable bonds is 3. The van der Waals surface area contributed by atoms with Gasteiger partial charge in [-0.3, -0.25) is 4.72 Å². The highest BCUT2D eigenvalue weighted by molar-refractivity contribution is 7.92. The van der Waals surface area contributed by atoms with Gasteiger partial charge in [0, 0.05) is 0 Å². The number of sulfonamides is 1. The van der Waals surface area contributed by atoms with Gasteiger partial charge in [-0.2, -0.15) is 0 Å². The van der Waals surface area contributed by atoms with Crippen LogP contribution < -0.4 is 4.72 Å². The molecule has 0 aliphatic rings. The second-order valence-electron chi connectivity index (χ2n) is 3.58. The number of hydrogen-bond acceptors (Lipinski definition) is 3. The van der Waals surface area contributed by atoms with E-state index in [4.69, 9.17) is 0 Å². The Labute approximate surface area is 104 Å². The lowest BCUT2D eigenvalue weighted by molar-refractivity contribution is 0.477. The van der Waals surface area contributed by atoms with Gasteiger partial charge in [-0.25, -0.2) is 12.8 Å². The summed E-state index contributed by atoms with van der Waals surface area (Å²) in [4.78, 5) is -0.203. The molecule has 6 heteroatoms. The Morgan fingerprint density at radius 1 is 1.06 bits per heavy atom. The van der Waals surface area contributed by atoms with E-state index < -0.39 is 15.8 Å². The van der Waals surface area contributed by atoms with E-state index in [1.165, 1.54) is 24.3 Å². The zero-order chi connectivity index (χ0) is 13.2. The fraction of sp³-hybridized carbons (Fsp3) is 0. The molecule has 0 heterocycles. The van der Waals surface area contributed by atoms with Gasteiger partial charge in [0.15, 0.2) is 0 Å². The first kappa shape index (κ1) is 12.4. The lowest BCUT2D eigenvalue weighted by Crippen LogP contribution is -2.13. The number of halogens is 1. The van der Waals surface area contributed by atoms with Crippen molar-refractivity contribution in [3.05, 3.63) is 54.3 Å². The van der Waals surface area contributed by atoms with Gasteiger partial charge in [-0.15, -0.1) is 0 Å². The summed E-state index contributed by atoms with van der Waals surface area (Å²) in [7, 11) is -3.91. The van der Waals surface area contributed by atoms with E-state index >= 15 is 0 Å². The first-order valence-electron chi connectivity index (χ1n) is 5.05. The number of benzene rings is 2. The van der Waals surface area contributed by atoms with Crippen LogP contribution in [-0.2, 0) is 10.0 Å². The summed E-state index contributed by atoms with van der Waals surface area (Å²) in [6, 6.07) is 10.5. The Morgan fingerprint density at radius 3 is 2.44 bits per heavy atom. The Hall–Kier alpha value is -2.08. The molecule has 2 aromatic carbocycles. The van der Waals surface area contributed by atoms with Crippen LogP contribution >= 0.6 is 0 Å². The summed E-state index contributed by atoms with van der Waals surface area (Å²) in [5.74, 6) is -0.840. The fourth-order valence-corrected chi connectivity index (χ4v) is 2.50. The Bertz CT molecular complexity index is 671. The lowest BCUT2D eigenvalue weighted by Gasteiger charge is -2.09. The molecule has 0 bridgehead atoms. The standard InChI is InChI=1S/C12H10FNO3S/c13-9-4-3-5-10(8-9)18(16,17)14-11-6-1-2-7-12(11)15/h1-8,14-15H. The van der Waals surface area contributed by atoms with Crippen LogP contribution in [0, 0.1) is 5.82 Å². The number of anilines is 1. The molecule has 2 aromatic rings. The average Bonchev–Trinajstić information content (AvgIpc) is 2.32. The molecule has 0 spiro atoms. The van der Waals surface area contributed by atoms with E-state index in [0.717, 1.165) is 12.1 Å². The van der Waals surface area contributed by atoms with E-state index in [0.29, 0.717) is 0 Å². The molecule has 0 saturated carbocycles. The highest BCUT2D eigenvalue weighted by atomic mass is 32.2. The van der Waals surface area contributed by atoms with Crippen molar-refractivity contribution in [2.45, 2.75) is 4.90 Å². The van der Waals surface area contributed by atoms with Crippen LogP contribution in [0.1, 0.15) is 0 Å². The smallest absolute Gasteiger partial charge is 0.262 e. The molecule has 0 aromatic heterocycles. The van der Waals surface area contributed by atoms with Crippen LogP contribution in [0.4, 0.5) is 10.1 Å². The molecule has 0 saturated heterocycles. The minimum Gasteiger partial charge on any atom is -0.506 e. The van der Waals surface area contributed by atoms with Gasteiger partial charge in [0.2, 0.25) is 0 Å². The molecule has 18 heavy (non-hydrogen) atoms. The normalized spacial score (nSPS) is 11.2. The number of aromatic hydroxyl groups is 1. The van der Waals surface area contributed by atoms with Crippen molar-refractivity contribution in [1.82, 2.24) is 0 Å².